The van der Waals surface area contributed by atoms with Gasteiger partial charge in [0.15, 0.2) is 0 Å². The molecule has 0 heterocycles. The van der Waals surface area contributed by atoms with Crippen LogP contribution in [0.25, 0.3) is 0 Å². The fourth-order valence-electron chi connectivity index (χ4n) is 2.03. The minimum Gasteiger partial charge on any atom is -0.381 e. The second kappa shape index (κ2) is 5.93. The van der Waals surface area contributed by atoms with Gasteiger partial charge in [0.2, 0.25) is 0 Å². The average Bonchev–Trinajstić information content (AvgIpc) is 2.39. The molecule has 2 rings (SSSR count). The Labute approximate surface area is 122 Å². The van der Waals surface area contributed by atoms with Gasteiger partial charge in [-0.15, -0.1) is 0 Å². The zero-order chi connectivity index (χ0) is 13.9. The number of ether oxygens (including phenoxy) is 1. The van der Waals surface area contributed by atoms with Crippen LogP contribution in [0.3, 0.4) is 0 Å². The van der Waals surface area contributed by atoms with Gasteiger partial charge >= 0.3 is 0 Å². The third-order valence-electron chi connectivity index (χ3n) is 2.96. The van der Waals surface area contributed by atoms with Crippen LogP contribution in [0.4, 0.5) is 0 Å². The lowest BCUT2D eigenvalue weighted by Gasteiger charge is -2.28. The van der Waals surface area contributed by atoms with E-state index < -0.39 is 5.60 Å². The van der Waals surface area contributed by atoms with Gasteiger partial charge in [0.05, 0.1) is 6.61 Å². The maximum atomic E-state index is 11.0. The normalized spacial score (nSPS) is 11.6. The van der Waals surface area contributed by atoms with Crippen molar-refractivity contribution in [2.75, 3.05) is 13.7 Å². The predicted molar refractivity (Wildman–Crippen MR) is 77.8 cm³/mol. The quantitative estimate of drug-likeness (QED) is 0.928. The lowest BCUT2D eigenvalue weighted by molar-refractivity contribution is -0.00327. The SMILES string of the molecule is COCC(O)(c1cccc(Cl)c1)c1cccc(Cl)c1. The third kappa shape index (κ3) is 3.10. The van der Waals surface area contributed by atoms with Crippen LogP contribution < -0.4 is 0 Å². The molecule has 2 aromatic carbocycles. The summed E-state index contributed by atoms with van der Waals surface area (Å²) in [5, 5.41) is 12.1. The van der Waals surface area contributed by atoms with Gasteiger partial charge in [-0.3, -0.25) is 0 Å². The van der Waals surface area contributed by atoms with Crippen molar-refractivity contribution in [2.45, 2.75) is 5.60 Å². The number of rotatable bonds is 4. The number of hydrogen-bond acceptors (Lipinski definition) is 2. The molecule has 0 radical (unpaired) electrons. The van der Waals surface area contributed by atoms with E-state index in [2.05, 4.69) is 0 Å². The molecule has 19 heavy (non-hydrogen) atoms. The Bertz CT molecular complexity index is 524. The molecule has 0 aliphatic heterocycles. The molecule has 0 amide bonds. The molecule has 4 heteroatoms. The van der Waals surface area contributed by atoms with E-state index in [0.717, 1.165) is 0 Å². The standard InChI is InChI=1S/C15H14Cl2O2/c1-19-10-15(18,11-4-2-6-13(16)8-11)12-5-3-7-14(17)9-12/h2-9,18H,10H2,1H3. The van der Waals surface area contributed by atoms with Crippen molar-refractivity contribution in [2.24, 2.45) is 0 Å². The summed E-state index contributed by atoms with van der Waals surface area (Å²) in [5.41, 5.74) is 0.0677. The number of halogens is 2. The second-order valence-corrected chi connectivity index (χ2v) is 5.19. The highest BCUT2D eigenvalue weighted by atomic mass is 35.5. The van der Waals surface area contributed by atoms with Gasteiger partial charge in [0.1, 0.15) is 5.60 Å². The number of methoxy groups -OCH3 is 1. The average molecular weight is 297 g/mol. The van der Waals surface area contributed by atoms with Gasteiger partial charge < -0.3 is 9.84 Å². The zero-order valence-electron chi connectivity index (χ0n) is 10.4. The van der Waals surface area contributed by atoms with E-state index in [-0.39, 0.29) is 6.61 Å². The van der Waals surface area contributed by atoms with Crippen LogP contribution in [0.2, 0.25) is 10.0 Å². The molecule has 2 aromatic rings. The Morgan fingerprint density at radius 1 is 1.00 bits per heavy atom. The van der Waals surface area contributed by atoms with Crippen LogP contribution >= 0.6 is 23.2 Å². The molecule has 0 aliphatic rings. The Balaban J connectivity index is 2.54. The van der Waals surface area contributed by atoms with Crippen molar-refractivity contribution in [1.82, 2.24) is 0 Å². The van der Waals surface area contributed by atoms with Gasteiger partial charge in [-0.25, -0.2) is 0 Å². The molecule has 0 saturated carbocycles. The first-order valence-corrected chi connectivity index (χ1v) is 6.55. The van der Waals surface area contributed by atoms with Gasteiger partial charge in [-0.2, -0.15) is 0 Å². The molecule has 0 bridgehead atoms. The van der Waals surface area contributed by atoms with E-state index in [4.69, 9.17) is 27.9 Å². The summed E-state index contributed by atoms with van der Waals surface area (Å²) in [6.07, 6.45) is 0. The molecule has 2 nitrogen and oxygen atoms in total. The summed E-state index contributed by atoms with van der Waals surface area (Å²) in [4.78, 5) is 0. The van der Waals surface area contributed by atoms with Crippen molar-refractivity contribution in [3.63, 3.8) is 0 Å². The first-order chi connectivity index (χ1) is 9.06. The monoisotopic (exact) mass is 296 g/mol. The highest BCUT2D eigenvalue weighted by Crippen LogP contribution is 2.32. The Morgan fingerprint density at radius 2 is 1.47 bits per heavy atom. The van der Waals surface area contributed by atoms with E-state index in [1.807, 2.05) is 12.1 Å². The maximum absolute atomic E-state index is 11.0. The van der Waals surface area contributed by atoms with Crippen molar-refractivity contribution >= 4 is 23.2 Å². The maximum Gasteiger partial charge on any atom is 0.138 e. The highest BCUT2D eigenvalue weighted by molar-refractivity contribution is 6.31. The van der Waals surface area contributed by atoms with Gasteiger partial charge in [0.25, 0.3) is 0 Å². The number of hydrogen-bond donors (Lipinski definition) is 1. The Kier molecular flexibility index (Phi) is 4.48. The van der Waals surface area contributed by atoms with Gasteiger partial charge in [-0.1, -0.05) is 47.5 Å². The molecule has 0 aliphatic carbocycles. The summed E-state index contributed by atoms with van der Waals surface area (Å²) in [5.74, 6) is 0. The highest BCUT2D eigenvalue weighted by Gasteiger charge is 2.32. The van der Waals surface area contributed by atoms with E-state index >= 15 is 0 Å². The van der Waals surface area contributed by atoms with E-state index in [1.165, 1.54) is 0 Å². The lowest BCUT2D eigenvalue weighted by Crippen LogP contribution is -2.32. The second-order valence-electron chi connectivity index (χ2n) is 4.31. The van der Waals surface area contributed by atoms with Gasteiger partial charge in [-0.05, 0) is 35.4 Å². The Hall–Kier alpha value is -1.06. The topological polar surface area (TPSA) is 29.5 Å². The van der Waals surface area contributed by atoms with Crippen LogP contribution in [0.5, 0.6) is 0 Å². The van der Waals surface area contributed by atoms with Gasteiger partial charge in [0, 0.05) is 17.2 Å². The van der Waals surface area contributed by atoms with Crippen LogP contribution in [-0.2, 0) is 10.3 Å². The molecule has 0 unspecified atom stereocenters. The molecule has 0 fully saturated rings. The summed E-state index contributed by atoms with van der Waals surface area (Å²) in [6.45, 7) is 0.119. The van der Waals surface area contributed by atoms with E-state index in [1.54, 1.807) is 43.5 Å². The molecule has 0 spiro atoms. The molecular weight excluding hydrogens is 283 g/mol. The third-order valence-corrected chi connectivity index (χ3v) is 3.43. The fraction of sp³-hybridized carbons (Fsp3) is 0.200. The zero-order valence-corrected chi connectivity index (χ0v) is 11.9. The molecule has 1 N–H and O–H groups in total. The minimum atomic E-state index is -1.27. The van der Waals surface area contributed by atoms with Crippen molar-refractivity contribution in [1.29, 1.82) is 0 Å². The van der Waals surface area contributed by atoms with E-state index in [0.29, 0.717) is 21.2 Å². The van der Waals surface area contributed by atoms with Crippen LogP contribution in [0.15, 0.2) is 48.5 Å². The van der Waals surface area contributed by atoms with Crippen molar-refractivity contribution < 1.29 is 9.84 Å². The summed E-state index contributed by atoms with van der Waals surface area (Å²) in [6, 6.07) is 14.2. The number of aliphatic hydroxyl groups is 1. The smallest absolute Gasteiger partial charge is 0.138 e. The predicted octanol–water partition coefficient (Wildman–Crippen LogP) is 3.88. The Morgan fingerprint density at radius 3 is 1.84 bits per heavy atom. The summed E-state index contributed by atoms with van der Waals surface area (Å²) < 4.78 is 5.16. The van der Waals surface area contributed by atoms with E-state index in [9.17, 15) is 5.11 Å². The largest absolute Gasteiger partial charge is 0.381 e. The fourth-order valence-corrected chi connectivity index (χ4v) is 2.41. The van der Waals surface area contributed by atoms with Crippen molar-refractivity contribution in [3.8, 4) is 0 Å². The first kappa shape index (κ1) is 14.4. The van der Waals surface area contributed by atoms with Crippen molar-refractivity contribution in [3.05, 3.63) is 69.7 Å². The minimum absolute atomic E-state index is 0.119. The van der Waals surface area contributed by atoms with Crippen LogP contribution in [0.1, 0.15) is 11.1 Å². The first-order valence-electron chi connectivity index (χ1n) is 5.79. The molecule has 0 saturated heterocycles. The molecule has 0 atom stereocenters. The summed E-state index contributed by atoms with van der Waals surface area (Å²) in [7, 11) is 1.54. The van der Waals surface area contributed by atoms with Crippen LogP contribution in [0, 0.1) is 0 Å². The molecular formula is C15H14Cl2O2. The molecule has 0 aromatic heterocycles. The number of benzene rings is 2. The lowest BCUT2D eigenvalue weighted by atomic mass is 9.87. The summed E-state index contributed by atoms with van der Waals surface area (Å²) >= 11 is 12.0. The molecule has 100 valence electrons. The van der Waals surface area contributed by atoms with Crippen LogP contribution in [-0.4, -0.2) is 18.8 Å².